The molecule has 0 aliphatic carbocycles. The Balaban J connectivity index is 1.63. The Bertz CT molecular complexity index is 1180. The van der Waals surface area contributed by atoms with Gasteiger partial charge < -0.3 is 10.6 Å². The molecule has 0 saturated carbocycles. The molecule has 0 aliphatic rings. The SMILES string of the molecule is CCc1ccccc1NC(=O)c1cc(Nc2cccc3cccnc23)nc(C)n1. The van der Waals surface area contributed by atoms with Crippen LogP contribution in [0.2, 0.25) is 0 Å². The normalized spacial score (nSPS) is 10.7. The zero-order valence-corrected chi connectivity index (χ0v) is 16.3. The number of benzene rings is 2. The number of rotatable bonds is 5. The van der Waals surface area contributed by atoms with Crippen LogP contribution in [0, 0.1) is 6.92 Å². The molecule has 2 heterocycles. The summed E-state index contributed by atoms with van der Waals surface area (Å²) in [6.07, 6.45) is 2.59. The Labute approximate surface area is 169 Å². The van der Waals surface area contributed by atoms with Crippen molar-refractivity contribution in [2.45, 2.75) is 20.3 Å². The summed E-state index contributed by atoms with van der Waals surface area (Å²) in [5.41, 5.74) is 3.84. The van der Waals surface area contributed by atoms with Crippen molar-refractivity contribution in [3.05, 3.63) is 83.9 Å². The van der Waals surface area contributed by atoms with Gasteiger partial charge in [-0.25, -0.2) is 9.97 Å². The zero-order chi connectivity index (χ0) is 20.2. The van der Waals surface area contributed by atoms with Gasteiger partial charge in [-0.15, -0.1) is 0 Å². The number of aryl methyl sites for hydroxylation is 2. The van der Waals surface area contributed by atoms with Gasteiger partial charge in [-0.05, 0) is 37.1 Å². The van der Waals surface area contributed by atoms with E-state index in [0.717, 1.165) is 34.3 Å². The van der Waals surface area contributed by atoms with E-state index in [0.29, 0.717) is 17.3 Å². The summed E-state index contributed by atoms with van der Waals surface area (Å²) in [5, 5.41) is 7.26. The molecule has 4 aromatic rings. The van der Waals surface area contributed by atoms with Crippen LogP contribution in [0.25, 0.3) is 10.9 Å². The molecule has 0 radical (unpaired) electrons. The number of nitrogens with one attached hydrogen (secondary N) is 2. The molecule has 1 amide bonds. The van der Waals surface area contributed by atoms with Crippen molar-refractivity contribution >= 4 is 34.0 Å². The first-order chi connectivity index (χ1) is 14.1. The molecule has 0 bridgehead atoms. The second-order valence-corrected chi connectivity index (χ2v) is 6.66. The van der Waals surface area contributed by atoms with E-state index >= 15 is 0 Å². The number of pyridine rings is 1. The first-order valence-corrected chi connectivity index (χ1v) is 9.50. The molecular weight excluding hydrogens is 362 g/mol. The predicted molar refractivity (Wildman–Crippen MR) is 116 cm³/mol. The number of hydrogen-bond acceptors (Lipinski definition) is 5. The minimum absolute atomic E-state index is 0.268. The predicted octanol–water partition coefficient (Wildman–Crippen LogP) is 4.89. The smallest absolute Gasteiger partial charge is 0.274 e. The third-order valence-electron chi connectivity index (χ3n) is 4.61. The monoisotopic (exact) mass is 383 g/mol. The summed E-state index contributed by atoms with van der Waals surface area (Å²) >= 11 is 0. The summed E-state index contributed by atoms with van der Waals surface area (Å²) in [6, 6.07) is 19.2. The van der Waals surface area contributed by atoms with Gasteiger partial charge in [0, 0.05) is 23.3 Å². The van der Waals surface area contributed by atoms with Crippen molar-refractivity contribution in [3.63, 3.8) is 0 Å². The van der Waals surface area contributed by atoms with Crippen molar-refractivity contribution in [2.24, 2.45) is 0 Å². The summed E-state index contributed by atoms with van der Waals surface area (Å²) < 4.78 is 0. The maximum absolute atomic E-state index is 12.8. The minimum Gasteiger partial charge on any atom is -0.338 e. The van der Waals surface area contributed by atoms with Crippen LogP contribution in [0.3, 0.4) is 0 Å². The molecule has 144 valence electrons. The third-order valence-corrected chi connectivity index (χ3v) is 4.61. The van der Waals surface area contributed by atoms with Gasteiger partial charge in [-0.2, -0.15) is 0 Å². The lowest BCUT2D eigenvalue weighted by Gasteiger charge is -2.12. The van der Waals surface area contributed by atoms with Crippen LogP contribution in [0.1, 0.15) is 28.8 Å². The number of amides is 1. The standard InChI is InChI=1S/C23H21N5O/c1-3-16-8-4-5-11-18(16)28-23(29)20-14-21(26-15(2)25-20)27-19-12-6-9-17-10-7-13-24-22(17)19/h4-14H,3H2,1-2H3,(H,28,29)(H,25,26,27). The topological polar surface area (TPSA) is 79.8 Å². The second-order valence-electron chi connectivity index (χ2n) is 6.66. The van der Waals surface area contributed by atoms with E-state index in [9.17, 15) is 4.79 Å². The van der Waals surface area contributed by atoms with Crippen LogP contribution in [0.4, 0.5) is 17.2 Å². The minimum atomic E-state index is -0.268. The number of nitrogens with zero attached hydrogens (tertiary/aromatic N) is 3. The molecule has 4 rings (SSSR count). The number of aromatic nitrogens is 3. The van der Waals surface area contributed by atoms with Crippen LogP contribution < -0.4 is 10.6 Å². The third kappa shape index (κ3) is 4.06. The van der Waals surface area contributed by atoms with Crippen molar-refractivity contribution in [1.29, 1.82) is 0 Å². The molecule has 0 atom stereocenters. The first kappa shape index (κ1) is 18.6. The quantitative estimate of drug-likeness (QED) is 0.513. The first-order valence-electron chi connectivity index (χ1n) is 9.50. The van der Waals surface area contributed by atoms with Crippen LogP contribution in [-0.2, 0) is 6.42 Å². The van der Waals surface area contributed by atoms with E-state index in [2.05, 4.69) is 32.5 Å². The highest BCUT2D eigenvalue weighted by atomic mass is 16.1. The molecule has 2 aromatic heterocycles. The fourth-order valence-corrected chi connectivity index (χ4v) is 3.23. The average Bonchev–Trinajstić information content (AvgIpc) is 2.74. The number of anilines is 3. The number of hydrogen-bond donors (Lipinski definition) is 2. The van der Waals surface area contributed by atoms with Crippen LogP contribution in [0.5, 0.6) is 0 Å². The largest absolute Gasteiger partial charge is 0.338 e. The lowest BCUT2D eigenvalue weighted by molar-refractivity contribution is 0.102. The second kappa shape index (κ2) is 8.06. The molecule has 6 heteroatoms. The molecule has 6 nitrogen and oxygen atoms in total. The fourth-order valence-electron chi connectivity index (χ4n) is 3.23. The number of carbonyl (C=O) groups excluding carboxylic acids is 1. The van der Waals surface area contributed by atoms with Gasteiger partial charge in [0.15, 0.2) is 0 Å². The van der Waals surface area contributed by atoms with Crippen molar-refractivity contribution < 1.29 is 4.79 Å². The van der Waals surface area contributed by atoms with E-state index in [4.69, 9.17) is 0 Å². The van der Waals surface area contributed by atoms with Gasteiger partial charge >= 0.3 is 0 Å². The van der Waals surface area contributed by atoms with Crippen molar-refractivity contribution in [3.8, 4) is 0 Å². The molecule has 0 aliphatic heterocycles. The Kier molecular flexibility index (Phi) is 5.16. The highest BCUT2D eigenvalue weighted by Crippen LogP contribution is 2.24. The lowest BCUT2D eigenvalue weighted by atomic mass is 10.1. The maximum Gasteiger partial charge on any atom is 0.274 e. The molecule has 2 aromatic carbocycles. The fraction of sp³-hybridized carbons (Fsp3) is 0.130. The Morgan fingerprint density at radius 3 is 2.62 bits per heavy atom. The van der Waals surface area contributed by atoms with E-state index < -0.39 is 0 Å². The Hall–Kier alpha value is -3.80. The van der Waals surface area contributed by atoms with Gasteiger partial charge in [-0.3, -0.25) is 9.78 Å². The van der Waals surface area contributed by atoms with E-state index in [1.165, 1.54) is 0 Å². The summed E-state index contributed by atoms with van der Waals surface area (Å²) in [5.74, 6) is 0.789. The maximum atomic E-state index is 12.8. The Morgan fingerprint density at radius 2 is 1.76 bits per heavy atom. The van der Waals surface area contributed by atoms with E-state index in [1.807, 2.05) is 54.6 Å². The zero-order valence-electron chi connectivity index (χ0n) is 16.3. The number of fused-ring (bicyclic) bond motifs is 1. The highest BCUT2D eigenvalue weighted by molar-refractivity contribution is 6.04. The highest BCUT2D eigenvalue weighted by Gasteiger charge is 2.13. The summed E-state index contributed by atoms with van der Waals surface area (Å²) in [6.45, 7) is 3.82. The molecule has 29 heavy (non-hydrogen) atoms. The lowest BCUT2D eigenvalue weighted by Crippen LogP contribution is -2.16. The van der Waals surface area contributed by atoms with E-state index in [1.54, 1.807) is 19.2 Å². The molecule has 0 unspecified atom stereocenters. The molecule has 0 spiro atoms. The summed E-state index contributed by atoms with van der Waals surface area (Å²) in [7, 11) is 0. The summed E-state index contributed by atoms with van der Waals surface area (Å²) in [4.78, 5) is 26.0. The van der Waals surface area contributed by atoms with Crippen LogP contribution in [0.15, 0.2) is 66.9 Å². The van der Waals surface area contributed by atoms with Gasteiger partial charge in [0.1, 0.15) is 17.3 Å². The number of para-hydroxylation sites is 2. The molecule has 0 saturated heterocycles. The average molecular weight is 383 g/mol. The van der Waals surface area contributed by atoms with Crippen molar-refractivity contribution in [2.75, 3.05) is 10.6 Å². The molecule has 0 fully saturated rings. The van der Waals surface area contributed by atoms with Gasteiger partial charge in [-0.1, -0.05) is 43.3 Å². The van der Waals surface area contributed by atoms with Gasteiger partial charge in [0.25, 0.3) is 5.91 Å². The molecular formula is C23H21N5O. The Morgan fingerprint density at radius 1 is 0.966 bits per heavy atom. The number of carbonyl (C=O) groups is 1. The van der Waals surface area contributed by atoms with Gasteiger partial charge in [0.2, 0.25) is 0 Å². The van der Waals surface area contributed by atoms with Gasteiger partial charge in [0.05, 0.1) is 11.2 Å². The van der Waals surface area contributed by atoms with Crippen molar-refractivity contribution in [1.82, 2.24) is 15.0 Å². The van der Waals surface area contributed by atoms with Crippen LogP contribution >= 0.6 is 0 Å². The van der Waals surface area contributed by atoms with E-state index in [-0.39, 0.29) is 5.91 Å². The molecule has 2 N–H and O–H groups in total. The van der Waals surface area contributed by atoms with Crippen LogP contribution in [-0.4, -0.2) is 20.9 Å².